The number of carbonyl (C=O) groups excluding carboxylic acids is 2. The van der Waals surface area contributed by atoms with Gasteiger partial charge in [0.1, 0.15) is 6.61 Å². The molecule has 0 aromatic rings. The minimum Gasteiger partial charge on any atom is -0.447 e. The Morgan fingerprint density at radius 2 is 2.43 bits per heavy atom. The highest BCUT2D eigenvalue weighted by Crippen LogP contribution is 2.15. The van der Waals surface area contributed by atoms with Gasteiger partial charge in [-0.1, -0.05) is 5.16 Å². The molecule has 1 saturated heterocycles. The second-order valence-corrected chi connectivity index (χ2v) is 3.23. The Labute approximate surface area is 80.4 Å². The molecule has 0 bridgehead atoms. The van der Waals surface area contributed by atoms with Gasteiger partial charge in [-0.2, -0.15) is 0 Å². The number of amides is 2. The van der Waals surface area contributed by atoms with Gasteiger partial charge in [-0.25, -0.2) is 9.69 Å². The van der Waals surface area contributed by atoms with Crippen molar-refractivity contribution in [3.8, 4) is 0 Å². The summed E-state index contributed by atoms with van der Waals surface area (Å²) >= 11 is 0. The summed E-state index contributed by atoms with van der Waals surface area (Å²) in [6, 6.07) is 0. The topological polar surface area (TPSA) is 68.2 Å². The van der Waals surface area contributed by atoms with E-state index in [0.29, 0.717) is 13.0 Å². The minimum atomic E-state index is -0.652. The first-order valence-electron chi connectivity index (χ1n) is 4.36. The van der Waals surface area contributed by atoms with Crippen molar-refractivity contribution in [2.24, 2.45) is 5.16 Å². The monoisotopic (exact) mass is 198 g/mol. The van der Waals surface area contributed by atoms with Gasteiger partial charge in [0.15, 0.2) is 0 Å². The summed E-state index contributed by atoms with van der Waals surface area (Å²) < 4.78 is 4.65. The molecule has 6 nitrogen and oxygen atoms in total. The SMILES string of the molecule is CC1=NOC(C(=O)N2CCOC2=O)C1. The van der Waals surface area contributed by atoms with E-state index in [2.05, 4.69) is 9.89 Å². The van der Waals surface area contributed by atoms with E-state index in [0.717, 1.165) is 10.6 Å². The largest absolute Gasteiger partial charge is 0.447 e. The van der Waals surface area contributed by atoms with Gasteiger partial charge in [0.05, 0.1) is 12.3 Å². The fourth-order valence-electron chi connectivity index (χ4n) is 1.40. The Balaban J connectivity index is 1.99. The first-order chi connectivity index (χ1) is 6.68. The van der Waals surface area contributed by atoms with Gasteiger partial charge in [-0.15, -0.1) is 0 Å². The quantitative estimate of drug-likeness (QED) is 0.600. The second-order valence-electron chi connectivity index (χ2n) is 3.23. The molecule has 1 unspecified atom stereocenters. The van der Waals surface area contributed by atoms with Gasteiger partial charge >= 0.3 is 6.09 Å². The number of hydrogen-bond donors (Lipinski definition) is 0. The minimum absolute atomic E-state index is 0.261. The smallest absolute Gasteiger partial charge is 0.416 e. The maximum absolute atomic E-state index is 11.6. The zero-order valence-electron chi connectivity index (χ0n) is 7.73. The first-order valence-corrected chi connectivity index (χ1v) is 4.36. The molecule has 2 amide bonds. The molecule has 0 saturated carbocycles. The third kappa shape index (κ3) is 1.43. The molecule has 14 heavy (non-hydrogen) atoms. The summed E-state index contributed by atoms with van der Waals surface area (Å²) in [5, 5.41) is 3.65. The Bertz CT molecular complexity index is 312. The molecule has 1 atom stereocenters. The molecule has 0 radical (unpaired) electrons. The van der Waals surface area contributed by atoms with Gasteiger partial charge < -0.3 is 9.57 Å². The molecule has 76 valence electrons. The molecule has 2 rings (SSSR count). The van der Waals surface area contributed by atoms with Crippen molar-refractivity contribution in [3.05, 3.63) is 0 Å². The highest BCUT2D eigenvalue weighted by atomic mass is 16.6. The zero-order valence-corrected chi connectivity index (χ0v) is 7.73. The standard InChI is InChI=1S/C8H10N2O4/c1-5-4-6(14-9-5)7(11)10-2-3-13-8(10)12/h6H,2-4H2,1H3. The number of hydrogen-bond acceptors (Lipinski definition) is 5. The van der Waals surface area contributed by atoms with Crippen LogP contribution in [0.5, 0.6) is 0 Å². The average Bonchev–Trinajstić information content (AvgIpc) is 2.73. The molecule has 0 aliphatic carbocycles. The van der Waals surface area contributed by atoms with E-state index in [9.17, 15) is 9.59 Å². The van der Waals surface area contributed by atoms with Crippen molar-refractivity contribution in [2.75, 3.05) is 13.2 Å². The Morgan fingerprint density at radius 3 is 2.93 bits per heavy atom. The van der Waals surface area contributed by atoms with Crippen LogP contribution in [0.2, 0.25) is 0 Å². The molecule has 6 heteroatoms. The van der Waals surface area contributed by atoms with E-state index >= 15 is 0 Å². The summed E-state index contributed by atoms with van der Waals surface area (Å²) in [4.78, 5) is 28.6. The van der Waals surface area contributed by atoms with E-state index in [1.54, 1.807) is 6.92 Å². The van der Waals surface area contributed by atoms with Gasteiger partial charge in [0.25, 0.3) is 5.91 Å². The Kier molecular flexibility index (Phi) is 2.11. The number of rotatable bonds is 1. The first kappa shape index (κ1) is 8.98. The summed E-state index contributed by atoms with van der Waals surface area (Å²) in [5.74, 6) is -0.367. The van der Waals surface area contributed by atoms with Crippen LogP contribution in [-0.2, 0) is 14.4 Å². The van der Waals surface area contributed by atoms with Crippen molar-refractivity contribution in [3.63, 3.8) is 0 Å². The van der Waals surface area contributed by atoms with E-state index in [1.807, 2.05) is 0 Å². The van der Waals surface area contributed by atoms with Gasteiger partial charge in [0.2, 0.25) is 6.10 Å². The van der Waals surface area contributed by atoms with Crippen molar-refractivity contribution >= 4 is 17.7 Å². The van der Waals surface area contributed by atoms with Crippen LogP contribution in [0.3, 0.4) is 0 Å². The maximum atomic E-state index is 11.6. The molecule has 0 aromatic carbocycles. The molecule has 2 aliphatic heterocycles. The number of cyclic esters (lactones) is 1. The van der Waals surface area contributed by atoms with Crippen LogP contribution in [0.1, 0.15) is 13.3 Å². The van der Waals surface area contributed by atoms with Crippen LogP contribution in [0.25, 0.3) is 0 Å². The maximum Gasteiger partial charge on any atom is 0.416 e. The van der Waals surface area contributed by atoms with Crippen LogP contribution in [0, 0.1) is 0 Å². The molecule has 1 fully saturated rings. The van der Waals surface area contributed by atoms with Crippen LogP contribution in [0.4, 0.5) is 4.79 Å². The normalized spacial score (nSPS) is 25.8. The highest BCUT2D eigenvalue weighted by Gasteiger charge is 2.36. The van der Waals surface area contributed by atoms with Gasteiger partial charge in [0, 0.05) is 6.42 Å². The highest BCUT2D eigenvalue weighted by molar-refractivity contribution is 5.98. The fourth-order valence-corrected chi connectivity index (χ4v) is 1.40. The summed E-state index contributed by atoms with van der Waals surface area (Å²) in [5.41, 5.74) is 0.760. The van der Waals surface area contributed by atoms with Crippen LogP contribution in [-0.4, -0.2) is 41.9 Å². The van der Waals surface area contributed by atoms with Gasteiger partial charge in [-0.3, -0.25) is 4.79 Å². The number of oxime groups is 1. The van der Waals surface area contributed by atoms with Crippen molar-refractivity contribution in [1.82, 2.24) is 4.90 Å². The molecule has 0 spiro atoms. The van der Waals surface area contributed by atoms with E-state index in [1.165, 1.54) is 0 Å². The summed E-state index contributed by atoms with van der Waals surface area (Å²) in [6.45, 7) is 2.34. The van der Waals surface area contributed by atoms with E-state index in [4.69, 9.17) is 4.84 Å². The number of imide groups is 1. The third-order valence-electron chi connectivity index (χ3n) is 2.12. The van der Waals surface area contributed by atoms with E-state index < -0.39 is 12.2 Å². The average molecular weight is 198 g/mol. The number of carbonyl (C=O) groups is 2. The van der Waals surface area contributed by atoms with Crippen molar-refractivity contribution in [2.45, 2.75) is 19.4 Å². The fraction of sp³-hybridized carbons (Fsp3) is 0.625. The second kappa shape index (κ2) is 3.28. The number of nitrogens with zero attached hydrogens (tertiary/aromatic N) is 2. The predicted octanol–water partition coefficient (Wildman–Crippen LogP) is 0.130. The van der Waals surface area contributed by atoms with Crippen LogP contribution >= 0.6 is 0 Å². The third-order valence-corrected chi connectivity index (χ3v) is 2.12. The Hall–Kier alpha value is -1.59. The van der Waals surface area contributed by atoms with E-state index in [-0.39, 0.29) is 12.5 Å². The predicted molar refractivity (Wildman–Crippen MR) is 45.7 cm³/mol. The summed E-state index contributed by atoms with van der Waals surface area (Å²) in [6.07, 6.45) is -0.799. The lowest BCUT2D eigenvalue weighted by molar-refractivity contribution is -0.138. The molecular formula is C8H10N2O4. The molecule has 2 aliphatic rings. The van der Waals surface area contributed by atoms with Crippen molar-refractivity contribution in [1.29, 1.82) is 0 Å². The molecule has 0 N–H and O–H groups in total. The Morgan fingerprint density at radius 1 is 1.64 bits per heavy atom. The molecule has 2 heterocycles. The molecule has 0 aromatic heterocycles. The van der Waals surface area contributed by atoms with Crippen molar-refractivity contribution < 1.29 is 19.2 Å². The number of ether oxygens (including phenoxy) is 1. The molecular weight excluding hydrogens is 188 g/mol. The van der Waals surface area contributed by atoms with Crippen LogP contribution < -0.4 is 0 Å². The lowest BCUT2D eigenvalue weighted by Gasteiger charge is -2.13. The lowest BCUT2D eigenvalue weighted by Crippen LogP contribution is -2.39. The van der Waals surface area contributed by atoms with Crippen LogP contribution in [0.15, 0.2) is 5.16 Å². The van der Waals surface area contributed by atoms with Gasteiger partial charge in [-0.05, 0) is 6.92 Å². The summed E-state index contributed by atoms with van der Waals surface area (Å²) in [7, 11) is 0. The zero-order chi connectivity index (χ0) is 10.1. The lowest BCUT2D eigenvalue weighted by atomic mass is 10.2.